The largest absolute Gasteiger partial charge is 0.490 e. The van der Waals surface area contributed by atoms with Gasteiger partial charge in [0.15, 0.2) is 0 Å². The Labute approximate surface area is 303 Å². The number of anilines is 2. The lowest BCUT2D eigenvalue weighted by Gasteiger charge is -2.38. The van der Waals surface area contributed by atoms with Gasteiger partial charge in [0.1, 0.15) is 11.9 Å². The Kier molecular flexibility index (Phi) is 14.2. The summed E-state index contributed by atoms with van der Waals surface area (Å²) in [5, 5.41) is 21.7. The molecule has 2 aromatic heterocycles. The Morgan fingerprint density at radius 1 is 0.981 bits per heavy atom. The number of carbonyl (C=O) groups excluding carboxylic acids is 2. The van der Waals surface area contributed by atoms with Crippen molar-refractivity contribution in [2.45, 2.75) is 37.7 Å². The number of urea groups is 1. The van der Waals surface area contributed by atoms with E-state index < -0.39 is 36.4 Å². The highest BCUT2D eigenvalue weighted by atomic mass is 35.5. The number of alkyl halides is 6. The van der Waals surface area contributed by atoms with Crippen LogP contribution in [0, 0.1) is 5.92 Å². The van der Waals surface area contributed by atoms with Gasteiger partial charge in [-0.05, 0) is 74.0 Å². The van der Waals surface area contributed by atoms with Crippen molar-refractivity contribution in [3.05, 3.63) is 89.2 Å². The quantitative estimate of drug-likeness (QED) is 0.132. The monoisotopic (exact) mass is 772 g/mol. The van der Waals surface area contributed by atoms with E-state index in [4.69, 9.17) is 31.4 Å². The number of hydrogen-bond donors (Lipinski definition) is 5. The summed E-state index contributed by atoms with van der Waals surface area (Å²) in [6.07, 6.45) is -5.81. The molecule has 1 aliphatic heterocycles. The number of halogens is 7. The number of H-pyrrole nitrogens is 1. The molecule has 0 bridgehead atoms. The number of nitrogens with zero attached hydrogens (tertiary/aromatic N) is 3. The number of nitrogens with one attached hydrogen (secondary N) is 3. The summed E-state index contributed by atoms with van der Waals surface area (Å²) in [5.41, 5.74) is 3.81. The fourth-order valence-electron chi connectivity index (χ4n) is 5.51. The van der Waals surface area contributed by atoms with Gasteiger partial charge in [-0.2, -0.15) is 26.3 Å². The minimum absolute atomic E-state index is 0.170. The van der Waals surface area contributed by atoms with Gasteiger partial charge in [-0.15, -0.1) is 0 Å². The molecule has 0 fully saturated rings. The highest BCUT2D eigenvalue weighted by Gasteiger charge is 2.39. The van der Waals surface area contributed by atoms with Crippen molar-refractivity contribution in [1.82, 2.24) is 20.2 Å². The van der Waals surface area contributed by atoms with Gasteiger partial charge in [-0.3, -0.25) is 10.1 Å². The molecule has 12 nitrogen and oxygen atoms in total. The van der Waals surface area contributed by atoms with Gasteiger partial charge in [-0.25, -0.2) is 19.4 Å². The third kappa shape index (κ3) is 12.1. The lowest BCUT2D eigenvalue weighted by molar-refractivity contribution is -0.193. The summed E-state index contributed by atoms with van der Waals surface area (Å²) in [6.45, 7) is 3.35. The summed E-state index contributed by atoms with van der Waals surface area (Å²) >= 11 is 6.35. The smallest absolute Gasteiger partial charge is 0.475 e. The third-order valence-corrected chi connectivity index (χ3v) is 7.96. The Morgan fingerprint density at radius 3 is 2.15 bits per heavy atom. The summed E-state index contributed by atoms with van der Waals surface area (Å²) < 4.78 is 63.5. The van der Waals surface area contributed by atoms with Crippen LogP contribution in [0.1, 0.15) is 24.0 Å². The number of amides is 3. The Balaban J connectivity index is 0.000000458. The molecule has 0 aliphatic carbocycles. The van der Waals surface area contributed by atoms with E-state index in [1.165, 1.54) is 0 Å². The molecule has 0 saturated carbocycles. The van der Waals surface area contributed by atoms with Crippen molar-refractivity contribution in [3.63, 3.8) is 0 Å². The van der Waals surface area contributed by atoms with Gasteiger partial charge in [-0.1, -0.05) is 42.8 Å². The van der Waals surface area contributed by atoms with Crippen LogP contribution in [0.2, 0.25) is 5.02 Å². The van der Waals surface area contributed by atoms with E-state index in [1.54, 1.807) is 24.4 Å². The van der Waals surface area contributed by atoms with Gasteiger partial charge in [0.05, 0.1) is 0 Å². The van der Waals surface area contributed by atoms with Crippen LogP contribution in [0.5, 0.6) is 0 Å². The minimum Gasteiger partial charge on any atom is -0.475 e. The lowest BCUT2D eigenvalue weighted by atomic mass is 9.88. The van der Waals surface area contributed by atoms with Crippen LogP contribution < -0.4 is 15.5 Å². The number of pyridine rings is 1. The maximum absolute atomic E-state index is 14.4. The van der Waals surface area contributed by atoms with Gasteiger partial charge in [0.25, 0.3) is 0 Å². The average molecular weight is 773 g/mol. The van der Waals surface area contributed by atoms with Crippen LogP contribution in [-0.2, 0) is 20.8 Å². The number of carbonyl (C=O) groups is 4. The molecule has 0 radical (unpaired) electrons. The number of benzene rings is 2. The van der Waals surface area contributed by atoms with Crippen LogP contribution >= 0.6 is 11.6 Å². The van der Waals surface area contributed by atoms with Crippen LogP contribution in [0.15, 0.2) is 73.1 Å². The third-order valence-electron chi connectivity index (χ3n) is 7.73. The predicted octanol–water partition coefficient (Wildman–Crippen LogP) is 6.54. The van der Waals surface area contributed by atoms with E-state index in [1.807, 2.05) is 74.6 Å². The number of aromatic amines is 1. The Hall–Kier alpha value is -5.36. The normalized spacial score (nSPS) is 15.2. The fourth-order valence-corrected chi connectivity index (χ4v) is 5.70. The van der Waals surface area contributed by atoms with Crippen molar-refractivity contribution in [1.29, 1.82) is 0 Å². The fraction of sp³-hybridized carbons (Fsp3) is 0.324. The number of carboxylic acids is 2. The van der Waals surface area contributed by atoms with Crippen molar-refractivity contribution in [2.75, 3.05) is 37.4 Å². The summed E-state index contributed by atoms with van der Waals surface area (Å²) in [6, 6.07) is 17.6. The highest BCUT2D eigenvalue weighted by molar-refractivity contribution is 6.30. The number of aromatic nitrogens is 2. The summed E-state index contributed by atoms with van der Waals surface area (Å²) in [5.74, 6) is -5.38. The molecule has 2 aromatic carbocycles. The molecule has 4 aromatic rings. The number of hydrogen-bond acceptors (Lipinski definition) is 6. The molecule has 0 saturated heterocycles. The molecule has 3 atom stereocenters. The van der Waals surface area contributed by atoms with Crippen molar-refractivity contribution < 1.29 is 55.7 Å². The first-order chi connectivity index (χ1) is 24.7. The molecule has 5 rings (SSSR count). The first-order valence-electron chi connectivity index (χ1n) is 15.6. The Morgan fingerprint density at radius 2 is 1.58 bits per heavy atom. The second kappa shape index (κ2) is 17.9. The van der Waals surface area contributed by atoms with Gasteiger partial charge >= 0.3 is 30.3 Å². The molecule has 53 heavy (non-hydrogen) atoms. The van der Waals surface area contributed by atoms with Crippen molar-refractivity contribution >= 4 is 57.9 Å². The zero-order valence-corrected chi connectivity index (χ0v) is 29.1. The van der Waals surface area contributed by atoms with E-state index in [0.29, 0.717) is 17.4 Å². The zero-order valence-electron chi connectivity index (χ0n) is 28.3. The SMILES string of the molecule is CC(c1c[nH]c2ccccc12)C(NC(=O)Nc1ccccn1)C(=O)N1C[C@@H](CN(C)C)Cc2cc(Cl)ccc21.O=C(O)C(F)(F)F.O=C(O)C(F)(F)F. The molecule has 3 heterocycles. The second-order valence-electron chi connectivity index (χ2n) is 12.0. The van der Waals surface area contributed by atoms with Crippen LogP contribution in [-0.4, -0.2) is 94.5 Å². The zero-order chi connectivity index (χ0) is 39.7. The van der Waals surface area contributed by atoms with Crippen LogP contribution in [0.4, 0.5) is 42.6 Å². The first-order valence-corrected chi connectivity index (χ1v) is 16.0. The van der Waals surface area contributed by atoms with Crippen LogP contribution in [0.25, 0.3) is 10.9 Å². The number of para-hydroxylation sites is 1. The summed E-state index contributed by atoms with van der Waals surface area (Å²) in [7, 11) is 4.07. The molecule has 19 heteroatoms. The molecular formula is C34H35ClF6N6O6. The van der Waals surface area contributed by atoms with E-state index in [2.05, 4.69) is 25.5 Å². The lowest BCUT2D eigenvalue weighted by Crippen LogP contribution is -2.55. The molecular weight excluding hydrogens is 738 g/mol. The maximum Gasteiger partial charge on any atom is 0.490 e. The first kappa shape index (κ1) is 42.1. The van der Waals surface area contributed by atoms with E-state index >= 15 is 0 Å². The second-order valence-corrected chi connectivity index (χ2v) is 12.5. The van der Waals surface area contributed by atoms with Crippen molar-refractivity contribution in [3.8, 4) is 0 Å². The van der Waals surface area contributed by atoms with E-state index in [-0.39, 0.29) is 17.7 Å². The molecule has 1 aliphatic rings. The van der Waals surface area contributed by atoms with E-state index in [0.717, 1.165) is 40.7 Å². The van der Waals surface area contributed by atoms with Gasteiger partial charge in [0.2, 0.25) is 5.91 Å². The molecule has 2 unspecified atom stereocenters. The molecule has 5 N–H and O–H groups in total. The van der Waals surface area contributed by atoms with Crippen LogP contribution in [0.3, 0.4) is 0 Å². The number of carboxylic acid groups (broad SMARTS) is 2. The topological polar surface area (TPSA) is 168 Å². The highest BCUT2D eigenvalue weighted by Crippen LogP contribution is 2.35. The van der Waals surface area contributed by atoms with E-state index in [9.17, 15) is 35.9 Å². The molecule has 3 amide bonds. The number of fused-ring (bicyclic) bond motifs is 2. The molecule has 286 valence electrons. The number of rotatable bonds is 7. The van der Waals surface area contributed by atoms with Crippen molar-refractivity contribution in [2.24, 2.45) is 5.92 Å². The summed E-state index contributed by atoms with van der Waals surface area (Å²) in [4.78, 5) is 56.9. The van der Waals surface area contributed by atoms with Gasteiger partial charge in [0, 0.05) is 53.0 Å². The minimum atomic E-state index is -5.08. The Bertz CT molecular complexity index is 1870. The average Bonchev–Trinajstić information content (AvgIpc) is 3.50. The standard InChI is InChI=1S/C30H33ClN6O2.2C2HF3O2/c1-19(24-16-33-25-9-5-4-8-23(24)25)28(35-30(39)34-27-10-6-7-13-32-27)29(38)37-18-20(17-36(2)3)14-21-15-22(31)11-12-26(21)37;2*3-2(4,5)1(6)7/h4-13,15-16,19-20,28,33H,14,17-18H2,1-3H3,(H2,32,34,35,39);2*(H,6,7)/t19?,20-,28?;;/m1../s1. The van der Waals surface area contributed by atoms with Gasteiger partial charge < -0.3 is 30.3 Å². The number of aliphatic carboxylic acids is 2. The maximum atomic E-state index is 14.4. The molecule has 0 spiro atoms. The predicted molar refractivity (Wildman–Crippen MR) is 184 cm³/mol.